The first-order valence-corrected chi connectivity index (χ1v) is 9.01. The first-order valence-electron chi connectivity index (χ1n) is 8.21. The molecule has 2 N–H and O–H groups in total. The van der Waals surface area contributed by atoms with E-state index in [1.54, 1.807) is 9.80 Å². The molecule has 0 radical (unpaired) electrons. The molecule has 2 rings (SSSR count). The van der Waals surface area contributed by atoms with Gasteiger partial charge in [0.25, 0.3) is 5.91 Å². The number of nitrogens with zero attached hydrogens (tertiary/aromatic N) is 2. The average Bonchev–Trinajstić information content (AvgIpc) is 2.60. The van der Waals surface area contributed by atoms with Crippen LogP contribution >= 0.6 is 28.3 Å². The van der Waals surface area contributed by atoms with E-state index >= 15 is 0 Å². The zero-order valence-corrected chi connectivity index (χ0v) is 16.7. The molecule has 0 aromatic heterocycles. The highest BCUT2D eigenvalue weighted by atomic mass is 79.9. The van der Waals surface area contributed by atoms with Gasteiger partial charge in [-0.1, -0.05) is 29.3 Å². The molecule has 0 bridgehead atoms. The van der Waals surface area contributed by atoms with Crippen LogP contribution < -0.4 is 10.5 Å². The van der Waals surface area contributed by atoms with E-state index in [9.17, 15) is 9.59 Å². The van der Waals surface area contributed by atoms with Crippen molar-refractivity contribution >= 4 is 40.2 Å². The molecule has 1 aliphatic rings. The second-order valence-electron chi connectivity index (χ2n) is 5.84. The zero-order chi connectivity index (χ0) is 17.5. The van der Waals surface area contributed by atoms with E-state index in [4.69, 9.17) is 10.5 Å². The Bertz CT molecular complexity index is 563. The molecule has 8 heteroatoms. The molecule has 1 aromatic rings. The Morgan fingerprint density at radius 1 is 1.16 bits per heavy atom. The third-order valence-electron chi connectivity index (χ3n) is 4.04. The second-order valence-corrected chi connectivity index (χ2v) is 6.76. The molecule has 1 saturated heterocycles. The van der Waals surface area contributed by atoms with Gasteiger partial charge < -0.3 is 20.3 Å². The van der Waals surface area contributed by atoms with Crippen LogP contribution in [0.15, 0.2) is 28.7 Å². The van der Waals surface area contributed by atoms with E-state index in [0.717, 1.165) is 10.9 Å². The van der Waals surface area contributed by atoms with Gasteiger partial charge in [0.1, 0.15) is 5.75 Å². The average molecular weight is 435 g/mol. The van der Waals surface area contributed by atoms with E-state index < -0.39 is 6.04 Å². The molecule has 0 spiro atoms. The summed E-state index contributed by atoms with van der Waals surface area (Å²) in [6.45, 7) is 4.11. The molecule has 1 atom stereocenters. The summed E-state index contributed by atoms with van der Waals surface area (Å²) < 4.78 is 6.47. The Balaban J connectivity index is 0.00000312. The number of hydrogen-bond donors (Lipinski definition) is 1. The quantitative estimate of drug-likeness (QED) is 0.743. The van der Waals surface area contributed by atoms with Crippen LogP contribution in [0.2, 0.25) is 0 Å². The lowest BCUT2D eigenvalue weighted by Gasteiger charge is -2.35. The van der Waals surface area contributed by atoms with Crippen LogP contribution in [0.3, 0.4) is 0 Å². The van der Waals surface area contributed by atoms with Gasteiger partial charge in [-0.25, -0.2) is 0 Å². The second kappa shape index (κ2) is 10.6. The van der Waals surface area contributed by atoms with Crippen molar-refractivity contribution in [3.8, 4) is 5.75 Å². The number of carbonyl (C=O) groups is 2. The smallest absolute Gasteiger partial charge is 0.260 e. The summed E-state index contributed by atoms with van der Waals surface area (Å²) in [5, 5.41) is 0. The van der Waals surface area contributed by atoms with Crippen molar-refractivity contribution in [2.75, 3.05) is 32.8 Å². The summed E-state index contributed by atoms with van der Waals surface area (Å²) in [6, 6.07) is 6.91. The lowest BCUT2D eigenvalue weighted by atomic mass is 10.1. The molecule has 25 heavy (non-hydrogen) atoms. The monoisotopic (exact) mass is 433 g/mol. The largest absolute Gasteiger partial charge is 0.484 e. The minimum absolute atomic E-state index is 0. The Hall–Kier alpha value is -1.31. The first kappa shape index (κ1) is 21.7. The lowest BCUT2D eigenvalue weighted by Crippen LogP contribution is -2.54. The number of rotatable bonds is 6. The van der Waals surface area contributed by atoms with Crippen LogP contribution in [0, 0.1) is 0 Å². The highest BCUT2D eigenvalue weighted by molar-refractivity contribution is 9.10. The first-order chi connectivity index (χ1) is 11.5. The van der Waals surface area contributed by atoms with Crippen LogP contribution in [-0.4, -0.2) is 60.4 Å². The minimum atomic E-state index is -0.432. The summed E-state index contributed by atoms with van der Waals surface area (Å²) in [5.74, 6) is 0.573. The van der Waals surface area contributed by atoms with Gasteiger partial charge in [-0.2, -0.15) is 0 Å². The predicted octanol–water partition coefficient (Wildman–Crippen LogP) is 2.05. The van der Waals surface area contributed by atoms with Crippen LogP contribution in [0.5, 0.6) is 5.75 Å². The van der Waals surface area contributed by atoms with Crippen molar-refractivity contribution in [3.05, 3.63) is 28.7 Å². The lowest BCUT2D eigenvalue weighted by molar-refractivity contribution is -0.141. The minimum Gasteiger partial charge on any atom is -0.484 e. The molecule has 140 valence electrons. The number of nitrogens with two attached hydrogens (primary N) is 1. The highest BCUT2D eigenvalue weighted by Gasteiger charge is 2.26. The van der Waals surface area contributed by atoms with Crippen molar-refractivity contribution < 1.29 is 14.3 Å². The molecule has 6 nitrogen and oxygen atoms in total. The standard InChI is InChI=1S/C17H24BrN3O3.ClH/c1-2-3-15(19)17(23)21-10-8-20(9-11-21)16(22)12-24-14-6-4-13(18)5-7-14;/h4-7,15H,2-3,8-12,19H2,1H3;1H. The van der Waals surface area contributed by atoms with Gasteiger partial charge in [-0.3, -0.25) is 9.59 Å². The molecule has 1 unspecified atom stereocenters. The van der Waals surface area contributed by atoms with Gasteiger partial charge in [0.15, 0.2) is 6.61 Å². The van der Waals surface area contributed by atoms with E-state index in [1.165, 1.54) is 0 Å². The Kier molecular flexibility index (Phi) is 9.24. The molecule has 2 amide bonds. The predicted molar refractivity (Wildman–Crippen MR) is 103 cm³/mol. The van der Waals surface area contributed by atoms with Crippen LogP contribution in [0.1, 0.15) is 19.8 Å². The van der Waals surface area contributed by atoms with Crippen LogP contribution in [0.4, 0.5) is 0 Å². The fraction of sp³-hybridized carbons (Fsp3) is 0.529. The number of amides is 2. The Morgan fingerprint density at radius 2 is 1.72 bits per heavy atom. The normalized spacial score (nSPS) is 15.3. The van der Waals surface area contributed by atoms with Crippen molar-refractivity contribution in [2.45, 2.75) is 25.8 Å². The number of piperazine rings is 1. The third kappa shape index (κ3) is 6.49. The number of hydrogen-bond acceptors (Lipinski definition) is 4. The molecule has 0 saturated carbocycles. The molecule has 1 aliphatic heterocycles. The zero-order valence-electron chi connectivity index (χ0n) is 14.3. The number of carbonyl (C=O) groups excluding carboxylic acids is 2. The van der Waals surface area contributed by atoms with Gasteiger partial charge >= 0.3 is 0 Å². The summed E-state index contributed by atoms with van der Waals surface area (Å²) in [7, 11) is 0. The Labute approximate surface area is 163 Å². The molecule has 1 heterocycles. The van der Waals surface area contributed by atoms with Crippen molar-refractivity contribution in [1.29, 1.82) is 0 Å². The SMILES string of the molecule is CCCC(N)C(=O)N1CCN(C(=O)COc2ccc(Br)cc2)CC1.Cl. The van der Waals surface area contributed by atoms with E-state index in [1.807, 2.05) is 31.2 Å². The molecule has 1 aromatic carbocycles. The molecular weight excluding hydrogens is 410 g/mol. The van der Waals surface area contributed by atoms with Gasteiger partial charge in [0, 0.05) is 30.7 Å². The molecular formula is C17H25BrClN3O3. The maximum Gasteiger partial charge on any atom is 0.260 e. The van der Waals surface area contributed by atoms with Crippen molar-refractivity contribution in [1.82, 2.24) is 9.80 Å². The van der Waals surface area contributed by atoms with Gasteiger partial charge in [0.05, 0.1) is 6.04 Å². The fourth-order valence-electron chi connectivity index (χ4n) is 2.61. The van der Waals surface area contributed by atoms with E-state index in [2.05, 4.69) is 15.9 Å². The van der Waals surface area contributed by atoms with Crippen molar-refractivity contribution in [3.63, 3.8) is 0 Å². The fourth-order valence-corrected chi connectivity index (χ4v) is 2.88. The van der Waals surface area contributed by atoms with E-state index in [0.29, 0.717) is 38.3 Å². The van der Waals surface area contributed by atoms with Gasteiger partial charge in [-0.05, 0) is 30.7 Å². The maximum atomic E-state index is 12.2. The number of halogens is 2. The van der Waals surface area contributed by atoms with Crippen LogP contribution in [0.25, 0.3) is 0 Å². The third-order valence-corrected chi connectivity index (χ3v) is 4.57. The summed E-state index contributed by atoms with van der Waals surface area (Å²) in [6.07, 6.45) is 1.58. The van der Waals surface area contributed by atoms with Crippen molar-refractivity contribution in [2.24, 2.45) is 5.73 Å². The number of ether oxygens (including phenoxy) is 1. The van der Waals surface area contributed by atoms with Gasteiger partial charge in [0.2, 0.25) is 5.91 Å². The highest BCUT2D eigenvalue weighted by Crippen LogP contribution is 2.16. The van der Waals surface area contributed by atoms with Gasteiger partial charge in [-0.15, -0.1) is 12.4 Å². The molecule has 1 fully saturated rings. The summed E-state index contributed by atoms with van der Waals surface area (Å²) >= 11 is 3.35. The van der Waals surface area contributed by atoms with Crippen LogP contribution in [-0.2, 0) is 9.59 Å². The Morgan fingerprint density at radius 3 is 2.28 bits per heavy atom. The topological polar surface area (TPSA) is 75.9 Å². The summed E-state index contributed by atoms with van der Waals surface area (Å²) in [4.78, 5) is 27.9. The maximum absolute atomic E-state index is 12.2. The summed E-state index contributed by atoms with van der Waals surface area (Å²) in [5.41, 5.74) is 5.88. The molecule has 0 aliphatic carbocycles. The number of benzene rings is 1. The van der Waals surface area contributed by atoms with E-state index in [-0.39, 0.29) is 30.8 Å².